The highest BCUT2D eigenvalue weighted by molar-refractivity contribution is 6.38. The van der Waals surface area contributed by atoms with Gasteiger partial charge in [-0.05, 0) is 36.6 Å². The smallest absolute Gasteiger partial charge is 0.369 e. The van der Waals surface area contributed by atoms with Crippen LogP contribution in [0.3, 0.4) is 0 Å². The zero-order valence-corrected chi connectivity index (χ0v) is 18.4. The molecule has 0 saturated heterocycles. The van der Waals surface area contributed by atoms with E-state index < -0.39 is 17.1 Å². The largest absolute Gasteiger partial charge is 0.441 e. The van der Waals surface area contributed by atoms with Gasteiger partial charge in [-0.1, -0.05) is 47.1 Å². The van der Waals surface area contributed by atoms with Gasteiger partial charge in [-0.3, -0.25) is 18.7 Å². The maximum atomic E-state index is 12.3. The van der Waals surface area contributed by atoms with E-state index in [1.54, 1.807) is 7.05 Å². The third kappa shape index (κ3) is 3.32. The Kier molecular flexibility index (Phi) is 4.86. The van der Waals surface area contributed by atoms with Gasteiger partial charge in [0, 0.05) is 24.7 Å². The number of nitrogens with one attached hydrogen (secondary N) is 1. The number of aromatic nitrogens is 3. The highest BCUT2D eigenvalue weighted by Gasteiger charge is 2.55. The standard InChI is InChI=1S/C23H20ClN5O4/c1-28-19(27-33-22(28)32)18-17(24)15-4-2-3-5-16(15)29(18)14-8-6-13(7-9-14)12-26-21(31)23(10-11-23)20(25)30/h2-9H,10-12H2,1H3,(H2,25,30)(H,26,31). The first-order valence-electron chi connectivity index (χ1n) is 10.3. The number of carbonyl (C=O) groups excluding carboxylic acids is 2. The second kappa shape index (κ2) is 7.63. The molecule has 0 aliphatic heterocycles. The van der Waals surface area contributed by atoms with Gasteiger partial charge in [0.05, 0.1) is 10.5 Å². The minimum Gasteiger partial charge on any atom is -0.369 e. The number of amides is 2. The number of primary amides is 1. The van der Waals surface area contributed by atoms with Crippen LogP contribution in [0.4, 0.5) is 0 Å². The lowest BCUT2D eigenvalue weighted by atomic mass is 10.1. The molecule has 2 aromatic carbocycles. The van der Waals surface area contributed by atoms with Crippen molar-refractivity contribution in [1.29, 1.82) is 0 Å². The molecule has 3 N–H and O–H groups in total. The number of nitrogens with two attached hydrogens (primary N) is 1. The van der Waals surface area contributed by atoms with E-state index in [0.29, 0.717) is 29.4 Å². The summed E-state index contributed by atoms with van der Waals surface area (Å²) in [6.45, 7) is 0.270. The molecule has 1 aliphatic rings. The number of hydrogen-bond donors (Lipinski definition) is 2. The molecule has 0 spiro atoms. The van der Waals surface area contributed by atoms with E-state index in [1.165, 1.54) is 4.57 Å². The fraction of sp³-hybridized carbons (Fsp3) is 0.217. The van der Waals surface area contributed by atoms with Crippen LogP contribution in [0.2, 0.25) is 5.02 Å². The molecule has 1 fully saturated rings. The van der Waals surface area contributed by atoms with Crippen LogP contribution < -0.4 is 16.8 Å². The predicted molar refractivity (Wildman–Crippen MR) is 122 cm³/mol. The van der Waals surface area contributed by atoms with Crippen molar-refractivity contribution in [3.8, 4) is 17.2 Å². The molecule has 2 heterocycles. The summed E-state index contributed by atoms with van der Waals surface area (Å²) in [5.74, 6) is -1.20. The summed E-state index contributed by atoms with van der Waals surface area (Å²) in [5, 5.41) is 7.98. The van der Waals surface area contributed by atoms with Crippen LogP contribution in [-0.4, -0.2) is 26.1 Å². The normalized spacial score (nSPS) is 14.4. The van der Waals surface area contributed by atoms with E-state index in [-0.39, 0.29) is 12.5 Å². The minimum atomic E-state index is -1.05. The zero-order valence-electron chi connectivity index (χ0n) is 17.7. The number of nitrogens with zero attached hydrogens (tertiary/aromatic N) is 3. The van der Waals surface area contributed by atoms with Crippen molar-refractivity contribution in [3.63, 3.8) is 0 Å². The fourth-order valence-corrected chi connectivity index (χ4v) is 4.31. The van der Waals surface area contributed by atoms with Crippen molar-refractivity contribution >= 4 is 34.3 Å². The monoisotopic (exact) mass is 465 g/mol. The van der Waals surface area contributed by atoms with E-state index in [4.69, 9.17) is 21.9 Å². The van der Waals surface area contributed by atoms with Crippen molar-refractivity contribution in [2.24, 2.45) is 18.2 Å². The predicted octanol–water partition coefficient (Wildman–Crippen LogP) is 2.52. The van der Waals surface area contributed by atoms with Gasteiger partial charge in [0.25, 0.3) is 0 Å². The molecule has 0 bridgehead atoms. The van der Waals surface area contributed by atoms with Crippen LogP contribution in [0.1, 0.15) is 18.4 Å². The molecular formula is C23H20ClN5O4. The Hall–Kier alpha value is -3.85. The molecule has 1 saturated carbocycles. The van der Waals surface area contributed by atoms with Crippen LogP contribution in [0.5, 0.6) is 0 Å². The van der Waals surface area contributed by atoms with Crippen molar-refractivity contribution < 1.29 is 14.1 Å². The average Bonchev–Trinajstić information content (AvgIpc) is 3.51. The molecule has 2 aromatic heterocycles. The van der Waals surface area contributed by atoms with E-state index in [0.717, 1.165) is 22.2 Å². The molecule has 168 valence electrons. The molecule has 0 radical (unpaired) electrons. The van der Waals surface area contributed by atoms with Gasteiger partial charge < -0.3 is 15.6 Å². The third-order valence-electron chi connectivity index (χ3n) is 6.13. The summed E-state index contributed by atoms with van der Waals surface area (Å²) in [7, 11) is 1.57. The number of fused-ring (bicyclic) bond motifs is 1. The number of carbonyl (C=O) groups is 2. The van der Waals surface area contributed by atoms with Crippen LogP contribution in [0, 0.1) is 5.41 Å². The lowest BCUT2D eigenvalue weighted by Gasteiger charge is -2.13. The molecule has 33 heavy (non-hydrogen) atoms. The van der Waals surface area contributed by atoms with Crippen molar-refractivity contribution in [1.82, 2.24) is 19.6 Å². The first-order chi connectivity index (χ1) is 15.8. The van der Waals surface area contributed by atoms with Gasteiger partial charge in [0.15, 0.2) is 0 Å². The molecule has 0 atom stereocenters. The molecule has 0 unspecified atom stereocenters. The Bertz CT molecular complexity index is 1460. The first kappa shape index (κ1) is 21.0. The second-order valence-electron chi connectivity index (χ2n) is 8.14. The summed E-state index contributed by atoms with van der Waals surface area (Å²) in [6.07, 6.45) is 0.976. The van der Waals surface area contributed by atoms with E-state index in [2.05, 4.69) is 10.5 Å². The van der Waals surface area contributed by atoms with Gasteiger partial charge in [-0.15, -0.1) is 0 Å². The quantitative estimate of drug-likeness (QED) is 0.423. The Morgan fingerprint density at radius 1 is 1.18 bits per heavy atom. The van der Waals surface area contributed by atoms with E-state index in [9.17, 15) is 14.4 Å². The van der Waals surface area contributed by atoms with Crippen LogP contribution in [0.15, 0.2) is 57.8 Å². The Balaban J connectivity index is 1.50. The van der Waals surface area contributed by atoms with Gasteiger partial charge in [-0.2, -0.15) is 0 Å². The van der Waals surface area contributed by atoms with Crippen molar-refractivity contribution in [2.75, 3.05) is 0 Å². The van der Waals surface area contributed by atoms with E-state index >= 15 is 0 Å². The average molecular weight is 466 g/mol. The molecule has 4 aromatic rings. The topological polar surface area (TPSA) is 125 Å². The maximum Gasteiger partial charge on any atom is 0.441 e. The second-order valence-corrected chi connectivity index (χ2v) is 8.52. The lowest BCUT2D eigenvalue weighted by molar-refractivity contribution is -0.135. The van der Waals surface area contributed by atoms with E-state index in [1.807, 2.05) is 53.1 Å². The number of halogens is 1. The summed E-state index contributed by atoms with van der Waals surface area (Å²) in [6, 6.07) is 15.1. The molecule has 2 amide bonds. The third-order valence-corrected chi connectivity index (χ3v) is 6.51. The Morgan fingerprint density at radius 3 is 2.48 bits per heavy atom. The highest BCUT2D eigenvalue weighted by Crippen LogP contribution is 2.45. The maximum absolute atomic E-state index is 12.3. The summed E-state index contributed by atoms with van der Waals surface area (Å²) in [4.78, 5) is 35.8. The lowest BCUT2D eigenvalue weighted by Crippen LogP contribution is -2.40. The molecule has 1 aliphatic carbocycles. The molecule has 5 rings (SSSR count). The fourth-order valence-electron chi connectivity index (χ4n) is 3.98. The number of hydrogen-bond acceptors (Lipinski definition) is 5. The number of para-hydroxylation sites is 1. The van der Waals surface area contributed by atoms with Crippen LogP contribution >= 0.6 is 11.6 Å². The number of rotatable bonds is 6. The summed E-state index contributed by atoms with van der Waals surface area (Å²) < 4.78 is 8.03. The molecule has 10 heteroatoms. The first-order valence-corrected chi connectivity index (χ1v) is 10.7. The van der Waals surface area contributed by atoms with Gasteiger partial charge in [0.2, 0.25) is 17.6 Å². The SMILES string of the molecule is Cn1c(-c2c(Cl)c3ccccc3n2-c2ccc(CNC(=O)C3(C(N)=O)CC3)cc2)noc1=O. The Morgan fingerprint density at radius 2 is 1.88 bits per heavy atom. The van der Waals surface area contributed by atoms with Gasteiger partial charge >= 0.3 is 5.76 Å². The summed E-state index contributed by atoms with van der Waals surface area (Å²) in [5.41, 5.74) is 7.32. The molecule has 9 nitrogen and oxygen atoms in total. The van der Waals surface area contributed by atoms with Crippen molar-refractivity contribution in [3.05, 3.63) is 69.7 Å². The minimum absolute atomic E-state index is 0.270. The van der Waals surface area contributed by atoms with Crippen LogP contribution in [0.25, 0.3) is 28.1 Å². The van der Waals surface area contributed by atoms with Crippen molar-refractivity contribution in [2.45, 2.75) is 19.4 Å². The Labute approximate surface area is 192 Å². The van der Waals surface area contributed by atoms with Gasteiger partial charge in [-0.25, -0.2) is 4.79 Å². The molecular weight excluding hydrogens is 446 g/mol. The zero-order chi connectivity index (χ0) is 23.3. The van der Waals surface area contributed by atoms with Crippen LogP contribution in [-0.2, 0) is 23.2 Å². The summed E-state index contributed by atoms with van der Waals surface area (Å²) >= 11 is 6.71. The number of benzene rings is 2. The highest BCUT2D eigenvalue weighted by atomic mass is 35.5. The van der Waals surface area contributed by atoms with Gasteiger partial charge in [0.1, 0.15) is 11.1 Å².